The number of fused-ring (bicyclic) bond motifs is 3. The van der Waals surface area contributed by atoms with Gasteiger partial charge in [0.25, 0.3) is 0 Å². The van der Waals surface area contributed by atoms with Gasteiger partial charge >= 0.3 is 0 Å². The van der Waals surface area contributed by atoms with E-state index < -0.39 is 0 Å². The van der Waals surface area contributed by atoms with E-state index in [2.05, 4.69) is 20.3 Å². The quantitative estimate of drug-likeness (QED) is 0.718. The average Bonchev–Trinajstić information content (AvgIpc) is 3.43. The van der Waals surface area contributed by atoms with Gasteiger partial charge in [-0.15, -0.1) is 10.2 Å². The SMILES string of the molecule is O=C(Cn1cncn1)N1C[C@@H]2C[C@H]1CN2C(=O)C1CCCn2cnnc21. The Bertz CT molecular complexity index is 831. The van der Waals surface area contributed by atoms with Gasteiger partial charge in [-0.2, -0.15) is 5.10 Å². The zero-order chi connectivity index (χ0) is 17.7. The Morgan fingerprint density at radius 3 is 2.77 bits per heavy atom. The summed E-state index contributed by atoms with van der Waals surface area (Å²) in [7, 11) is 0. The molecule has 0 aromatic carbocycles. The van der Waals surface area contributed by atoms with Crippen LogP contribution in [0.25, 0.3) is 0 Å². The van der Waals surface area contributed by atoms with E-state index in [9.17, 15) is 9.59 Å². The van der Waals surface area contributed by atoms with Crippen molar-refractivity contribution in [1.82, 2.24) is 39.3 Å². The highest BCUT2D eigenvalue weighted by molar-refractivity contribution is 5.84. The molecule has 3 aliphatic heterocycles. The molecule has 2 aromatic heterocycles. The molecule has 5 rings (SSSR count). The molecule has 2 aromatic rings. The third-order valence-corrected chi connectivity index (χ3v) is 5.75. The lowest BCUT2D eigenvalue weighted by Gasteiger charge is -2.36. The van der Waals surface area contributed by atoms with Gasteiger partial charge in [-0.3, -0.25) is 9.59 Å². The number of hydrogen-bond donors (Lipinski definition) is 0. The van der Waals surface area contributed by atoms with Gasteiger partial charge in [0.05, 0.1) is 18.0 Å². The summed E-state index contributed by atoms with van der Waals surface area (Å²) in [6, 6.07) is 0.201. The molecule has 3 aliphatic rings. The van der Waals surface area contributed by atoms with Gasteiger partial charge in [0.1, 0.15) is 31.4 Å². The van der Waals surface area contributed by atoms with Crippen LogP contribution in [0, 0.1) is 0 Å². The molecular weight excluding hydrogens is 336 g/mol. The van der Waals surface area contributed by atoms with Crippen LogP contribution in [0.15, 0.2) is 19.0 Å². The number of carbonyl (C=O) groups is 2. The molecule has 26 heavy (non-hydrogen) atoms. The number of piperazine rings is 1. The smallest absolute Gasteiger partial charge is 0.244 e. The third-order valence-electron chi connectivity index (χ3n) is 5.75. The first kappa shape index (κ1) is 15.5. The first-order valence-corrected chi connectivity index (χ1v) is 9.01. The van der Waals surface area contributed by atoms with Crippen LogP contribution in [0.4, 0.5) is 0 Å². The van der Waals surface area contributed by atoms with E-state index in [4.69, 9.17) is 0 Å². The number of aryl methyl sites for hydroxylation is 1. The summed E-state index contributed by atoms with van der Waals surface area (Å²) in [4.78, 5) is 33.3. The number of carbonyl (C=O) groups excluding carboxylic acids is 2. The van der Waals surface area contributed by atoms with Gasteiger partial charge < -0.3 is 14.4 Å². The second-order valence-corrected chi connectivity index (χ2v) is 7.25. The largest absolute Gasteiger partial charge is 0.335 e. The highest BCUT2D eigenvalue weighted by Crippen LogP contribution is 2.35. The van der Waals surface area contributed by atoms with Crippen LogP contribution in [-0.4, -0.2) is 76.3 Å². The predicted octanol–water partition coefficient (Wildman–Crippen LogP) is -0.741. The Morgan fingerprint density at radius 1 is 1.15 bits per heavy atom. The number of likely N-dealkylation sites (tertiary alicyclic amines) is 2. The van der Waals surface area contributed by atoms with Crippen LogP contribution in [0.2, 0.25) is 0 Å². The Hall–Kier alpha value is -2.78. The maximum atomic E-state index is 13.1. The molecular formula is C16H20N8O2. The summed E-state index contributed by atoms with van der Waals surface area (Å²) in [6.07, 6.45) is 7.31. The predicted molar refractivity (Wildman–Crippen MR) is 87.6 cm³/mol. The maximum Gasteiger partial charge on any atom is 0.244 e. The van der Waals surface area contributed by atoms with Crippen LogP contribution in [0.5, 0.6) is 0 Å². The van der Waals surface area contributed by atoms with Crippen molar-refractivity contribution >= 4 is 11.8 Å². The molecule has 0 spiro atoms. The van der Waals surface area contributed by atoms with E-state index in [1.54, 1.807) is 12.7 Å². The lowest BCUT2D eigenvalue weighted by Crippen LogP contribution is -2.52. The molecule has 136 valence electrons. The second kappa shape index (κ2) is 5.89. The normalized spacial score (nSPS) is 27.0. The number of hydrogen-bond acceptors (Lipinski definition) is 6. The monoisotopic (exact) mass is 356 g/mol. The van der Waals surface area contributed by atoms with Crippen LogP contribution in [-0.2, 0) is 22.7 Å². The molecule has 0 N–H and O–H groups in total. The van der Waals surface area contributed by atoms with Crippen molar-refractivity contribution in [3.63, 3.8) is 0 Å². The second-order valence-electron chi connectivity index (χ2n) is 7.25. The van der Waals surface area contributed by atoms with E-state index in [0.717, 1.165) is 31.6 Å². The average molecular weight is 356 g/mol. The lowest BCUT2D eigenvalue weighted by atomic mass is 9.97. The zero-order valence-electron chi connectivity index (χ0n) is 14.3. The van der Waals surface area contributed by atoms with E-state index in [-0.39, 0.29) is 36.4 Å². The van der Waals surface area contributed by atoms with E-state index in [1.807, 2.05) is 14.4 Å². The van der Waals surface area contributed by atoms with E-state index in [0.29, 0.717) is 13.1 Å². The fourth-order valence-electron chi connectivity index (χ4n) is 4.52. The molecule has 0 aliphatic carbocycles. The Balaban J connectivity index is 1.26. The molecule has 2 saturated heterocycles. The summed E-state index contributed by atoms with van der Waals surface area (Å²) in [5.41, 5.74) is 0. The Kier molecular flexibility index (Phi) is 3.50. The first-order chi connectivity index (χ1) is 12.7. The summed E-state index contributed by atoms with van der Waals surface area (Å²) >= 11 is 0. The standard InChI is InChI=1S/C16H20N8O2/c25-14(7-22-9-17-8-19-22)23-5-12-4-11(23)6-24(12)16(26)13-2-1-3-21-10-18-20-15(13)21/h8-13H,1-7H2/t11-,12-,13?/m0/s1. The molecule has 10 heteroatoms. The fourth-order valence-corrected chi connectivity index (χ4v) is 4.52. The third kappa shape index (κ3) is 2.39. The number of aromatic nitrogens is 6. The highest BCUT2D eigenvalue weighted by Gasteiger charge is 2.48. The topological polar surface area (TPSA) is 102 Å². The van der Waals surface area contributed by atoms with Gasteiger partial charge in [-0.25, -0.2) is 9.67 Å². The summed E-state index contributed by atoms with van der Waals surface area (Å²) in [5, 5.41) is 12.1. The van der Waals surface area contributed by atoms with Crippen molar-refractivity contribution in [3.05, 3.63) is 24.8 Å². The minimum Gasteiger partial charge on any atom is -0.335 e. The molecule has 0 radical (unpaired) electrons. The molecule has 10 nitrogen and oxygen atoms in total. The number of rotatable bonds is 3. The fraction of sp³-hybridized carbons (Fsp3) is 0.625. The first-order valence-electron chi connectivity index (χ1n) is 9.01. The minimum atomic E-state index is -0.204. The number of amides is 2. The van der Waals surface area contributed by atoms with Crippen molar-refractivity contribution in [2.75, 3.05) is 13.1 Å². The summed E-state index contributed by atoms with van der Waals surface area (Å²) in [5.74, 6) is 0.746. The molecule has 2 amide bonds. The minimum absolute atomic E-state index is 0.0347. The molecule has 2 fully saturated rings. The molecule has 1 unspecified atom stereocenters. The van der Waals surface area contributed by atoms with Gasteiger partial charge in [0.2, 0.25) is 11.8 Å². The Morgan fingerprint density at radius 2 is 2.00 bits per heavy atom. The van der Waals surface area contributed by atoms with Gasteiger partial charge in [0.15, 0.2) is 0 Å². The van der Waals surface area contributed by atoms with Gasteiger partial charge in [-0.05, 0) is 19.3 Å². The van der Waals surface area contributed by atoms with Crippen LogP contribution in [0.3, 0.4) is 0 Å². The van der Waals surface area contributed by atoms with Crippen molar-refractivity contribution in [1.29, 1.82) is 0 Å². The van der Waals surface area contributed by atoms with E-state index in [1.165, 1.54) is 11.0 Å². The van der Waals surface area contributed by atoms with Gasteiger partial charge in [-0.1, -0.05) is 0 Å². The van der Waals surface area contributed by atoms with Crippen LogP contribution >= 0.6 is 0 Å². The Labute approximate surface area is 149 Å². The zero-order valence-corrected chi connectivity index (χ0v) is 14.3. The van der Waals surface area contributed by atoms with Crippen molar-refractivity contribution in [2.45, 2.75) is 50.4 Å². The van der Waals surface area contributed by atoms with Crippen molar-refractivity contribution in [3.8, 4) is 0 Å². The van der Waals surface area contributed by atoms with Crippen LogP contribution < -0.4 is 0 Å². The lowest BCUT2D eigenvalue weighted by molar-refractivity contribution is -0.141. The molecule has 5 heterocycles. The molecule has 0 saturated carbocycles. The van der Waals surface area contributed by atoms with Crippen LogP contribution in [0.1, 0.15) is 31.0 Å². The van der Waals surface area contributed by atoms with Gasteiger partial charge in [0, 0.05) is 19.6 Å². The molecule has 3 atom stereocenters. The van der Waals surface area contributed by atoms with Crippen molar-refractivity contribution in [2.24, 2.45) is 0 Å². The van der Waals surface area contributed by atoms with E-state index >= 15 is 0 Å². The summed E-state index contributed by atoms with van der Waals surface area (Å²) < 4.78 is 3.51. The summed E-state index contributed by atoms with van der Waals surface area (Å²) in [6.45, 7) is 2.28. The van der Waals surface area contributed by atoms with Crippen molar-refractivity contribution < 1.29 is 9.59 Å². The number of nitrogens with zero attached hydrogens (tertiary/aromatic N) is 8. The maximum absolute atomic E-state index is 13.1. The molecule has 2 bridgehead atoms. The highest BCUT2D eigenvalue weighted by atomic mass is 16.2.